The lowest BCUT2D eigenvalue weighted by Crippen LogP contribution is -2.53. The number of hydrogen-bond donors (Lipinski definition) is 1. The Balaban J connectivity index is 1.81. The third-order valence-electron chi connectivity index (χ3n) is 4.59. The van der Waals surface area contributed by atoms with Crippen LogP contribution in [0.25, 0.3) is 0 Å². The molecule has 1 saturated carbocycles. The van der Waals surface area contributed by atoms with Gasteiger partial charge in [-0.15, -0.1) is 0 Å². The predicted molar refractivity (Wildman–Crippen MR) is 82.3 cm³/mol. The normalized spacial score (nSPS) is 30.5. The van der Waals surface area contributed by atoms with Gasteiger partial charge in [0.1, 0.15) is 0 Å². The van der Waals surface area contributed by atoms with E-state index in [1.807, 2.05) is 0 Å². The van der Waals surface area contributed by atoms with Gasteiger partial charge in [0.25, 0.3) is 0 Å². The fourth-order valence-corrected chi connectivity index (χ4v) is 4.26. The molecule has 118 valence electrons. The van der Waals surface area contributed by atoms with Crippen LogP contribution in [0.4, 0.5) is 0 Å². The highest BCUT2D eigenvalue weighted by molar-refractivity contribution is 7.88. The molecule has 2 fully saturated rings. The highest BCUT2D eigenvalue weighted by atomic mass is 32.2. The Morgan fingerprint density at radius 2 is 1.85 bits per heavy atom. The molecule has 20 heavy (non-hydrogen) atoms. The molecule has 1 aliphatic heterocycles. The number of hydrogen-bond acceptors (Lipinski definition) is 4. The van der Waals surface area contributed by atoms with Gasteiger partial charge in [-0.25, -0.2) is 8.42 Å². The van der Waals surface area contributed by atoms with Gasteiger partial charge >= 0.3 is 0 Å². The molecule has 1 aliphatic carbocycles. The monoisotopic (exact) mass is 303 g/mol. The first-order valence-electron chi connectivity index (χ1n) is 7.93. The summed E-state index contributed by atoms with van der Waals surface area (Å²) in [5.74, 6) is 0. The van der Waals surface area contributed by atoms with Gasteiger partial charge in [0.15, 0.2) is 0 Å². The van der Waals surface area contributed by atoms with Crippen molar-refractivity contribution >= 4 is 10.0 Å². The van der Waals surface area contributed by atoms with Gasteiger partial charge in [-0.05, 0) is 32.2 Å². The lowest BCUT2D eigenvalue weighted by molar-refractivity contribution is 0.101. The molecule has 2 unspecified atom stereocenters. The van der Waals surface area contributed by atoms with E-state index in [0.29, 0.717) is 25.2 Å². The van der Waals surface area contributed by atoms with E-state index < -0.39 is 10.0 Å². The fraction of sp³-hybridized carbons (Fsp3) is 1.00. The first-order chi connectivity index (χ1) is 9.50. The molecule has 2 rings (SSSR count). The summed E-state index contributed by atoms with van der Waals surface area (Å²) in [6.07, 6.45) is 7.57. The van der Waals surface area contributed by atoms with Crippen molar-refractivity contribution < 1.29 is 8.42 Å². The second-order valence-corrected chi connectivity index (χ2v) is 8.15. The van der Waals surface area contributed by atoms with Gasteiger partial charge < -0.3 is 5.32 Å². The van der Waals surface area contributed by atoms with Gasteiger partial charge in [-0.3, -0.25) is 4.90 Å². The zero-order valence-corrected chi connectivity index (χ0v) is 13.7. The summed E-state index contributed by atoms with van der Waals surface area (Å²) in [4.78, 5) is 2.50. The second kappa shape index (κ2) is 7.20. The van der Waals surface area contributed by atoms with Crippen LogP contribution in [0, 0.1) is 0 Å². The maximum atomic E-state index is 11.5. The minimum absolute atomic E-state index is 0.639. The molecular weight excluding hydrogens is 274 g/mol. The van der Waals surface area contributed by atoms with Crippen LogP contribution in [0.3, 0.4) is 0 Å². The van der Waals surface area contributed by atoms with Gasteiger partial charge in [-0.2, -0.15) is 4.31 Å². The Kier molecular flexibility index (Phi) is 5.84. The zero-order valence-electron chi connectivity index (χ0n) is 12.8. The topological polar surface area (TPSA) is 52.6 Å². The summed E-state index contributed by atoms with van der Waals surface area (Å²) in [6, 6.07) is 1.29. The first-order valence-corrected chi connectivity index (χ1v) is 9.78. The molecule has 0 bridgehead atoms. The quantitative estimate of drug-likeness (QED) is 0.819. The minimum atomic E-state index is -3.01. The average Bonchev–Trinajstić information content (AvgIpc) is 2.45. The Labute approximate surface area is 123 Å². The summed E-state index contributed by atoms with van der Waals surface area (Å²) in [7, 11) is -3.01. The van der Waals surface area contributed by atoms with Crippen LogP contribution in [0.2, 0.25) is 0 Å². The molecule has 0 spiro atoms. The number of piperazine rings is 1. The first kappa shape index (κ1) is 16.2. The molecule has 0 aromatic heterocycles. The van der Waals surface area contributed by atoms with Crippen LogP contribution < -0.4 is 5.32 Å². The fourth-order valence-electron chi connectivity index (χ4n) is 3.43. The molecule has 0 aromatic carbocycles. The molecule has 5 nitrogen and oxygen atoms in total. The van der Waals surface area contributed by atoms with Crippen molar-refractivity contribution in [2.24, 2.45) is 0 Å². The van der Waals surface area contributed by atoms with Gasteiger partial charge in [0, 0.05) is 38.3 Å². The van der Waals surface area contributed by atoms with Crippen LogP contribution in [0.1, 0.15) is 39.0 Å². The smallest absolute Gasteiger partial charge is 0.211 e. The molecule has 0 radical (unpaired) electrons. The molecule has 1 saturated heterocycles. The van der Waals surface area contributed by atoms with Crippen molar-refractivity contribution in [2.75, 3.05) is 39.0 Å². The van der Waals surface area contributed by atoms with E-state index in [9.17, 15) is 8.42 Å². The Morgan fingerprint density at radius 3 is 2.45 bits per heavy atom. The van der Waals surface area contributed by atoms with E-state index in [0.717, 1.165) is 19.6 Å². The molecule has 1 heterocycles. The van der Waals surface area contributed by atoms with Crippen molar-refractivity contribution in [1.82, 2.24) is 14.5 Å². The van der Waals surface area contributed by atoms with Gasteiger partial charge in [0.05, 0.1) is 6.26 Å². The van der Waals surface area contributed by atoms with Crippen LogP contribution >= 0.6 is 0 Å². The van der Waals surface area contributed by atoms with Crippen LogP contribution in [-0.2, 0) is 10.0 Å². The second-order valence-electron chi connectivity index (χ2n) is 6.17. The lowest BCUT2D eigenvalue weighted by Gasteiger charge is -2.42. The van der Waals surface area contributed by atoms with Crippen LogP contribution in [0.15, 0.2) is 0 Å². The number of sulfonamides is 1. The molecular formula is C14H29N3O2S. The van der Waals surface area contributed by atoms with Gasteiger partial charge in [-0.1, -0.05) is 13.3 Å². The number of rotatable bonds is 5. The van der Waals surface area contributed by atoms with Crippen LogP contribution in [-0.4, -0.2) is 68.7 Å². The molecule has 2 atom stereocenters. The molecule has 0 aromatic rings. The number of nitrogens with zero attached hydrogens (tertiary/aromatic N) is 2. The summed E-state index contributed by atoms with van der Waals surface area (Å²) in [5.41, 5.74) is 0. The standard InChI is InChI=1S/C14H29N3O2S/c1-3-7-15-13-5-4-6-14(12-13)16-8-10-17(11-9-16)20(2,18)19/h13-15H,3-12H2,1-2H3. The maximum Gasteiger partial charge on any atom is 0.211 e. The van der Waals surface area contributed by atoms with E-state index in [4.69, 9.17) is 0 Å². The molecule has 2 aliphatic rings. The number of nitrogens with one attached hydrogen (secondary N) is 1. The van der Waals surface area contributed by atoms with Crippen molar-refractivity contribution in [3.8, 4) is 0 Å². The van der Waals surface area contributed by atoms with E-state index in [-0.39, 0.29) is 0 Å². The molecule has 6 heteroatoms. The highest BCUT2D eigenvalue weighted by Crippen LogP contribution is 2.24. The van der Waals surface area contributed by atoms with Crippen molar-refractivity contribution in [3.05, 3.63) is 0 Å². The largest absolute Gasteiger partial charge is 0.314 e. The Hall–Kier alpha value is -0.170. The van der Waals surface area contributed by atoms with E-state index >= 15 is 0 Å². The average molecular weight is 303 g/mol. The lowest BCUT2D eigenvalue weighted by atomic mass is 9.89. The third kappa shape index (κ3) is 4.41. The summed E-state index contributed by atoms with van der Waals surface area (Å²) in [5, 5.41) is 3.64. The Bertz CT molecular complexity index is 391. The summed E-state index contributed by atoms with van der Waals surface area (Å²) >= 11 is 0. The van der Waals surface area contributed by atoms with E-state index in [1.54, 1.807) is 4.31 Å². The summed E-state index contributed by atoms with van der Waals surface area (Å²) < 4.78 is 24.7. The summed E-state index contributed by atoms with van der Waals surface area (Å²) in [6.45, 7) is 6.40. The highest BCUT2D eigenvalue weighted by Gasteiger charge is 2.30. The minimum Gasteiger partial charge on any atom is -0.314 e. The third-order valence-corrected chi connectivity index (χ3v) is 5.89. The van der Waals surface area contributed by atoms with E-state index in [2.05, 4.69) is 17.1 Å². The van der Waals surface area contributed by atoms with Crippen molar-refractivity contribution in [1.29, 1.82) is 0 Å². The van der Waals surface area contributed by atoms with E-state index in [1.165, 1.54) is 38.4 Å². The van der Waals surface area contributed by atoms with Crippen LogP contribution in [0.5, 0.6) is 0 Å². The van der Waals surface area contributed by atoms with Crippen molar-refractivity contribution in [2.45, 2.75) is 51.1 Å². The van der Waals surface area contributed by atoms with Gasteiger partial charge in [0.2, 0.25) is 10.0 Å². The predicted octanol–water partition coefficient (Wildman–Crippen LogP) is 0.874. The molecule has 0 amide bonds. The zero-order chi connectivity index (χ0) is 14.6. The van der Waals surface area contributed by atoms with Crippen molar-refractivity contribution in [3.63, 3.8) is 0 Å². The molecule has 1 N–H and O–H groups in total. The SMILES string of the molecule is CCCNC1CCCC(N2CCN(S(C)(=O)=O)CC2)C1. The Morgan fingerprint density at radius 1 is 1.15 bits per heavy atom. The maximum absolute atomic E-state index is 11.5.